The van der Waals surface area contributed by atoms with Gasteiger partial charge in [0.25, 0.3) is 0 Å². The molecule has 0 aliphatic rings. The minimum Gasteiger partial charge on any atom is -0.497 e. The van der Waals surface area contributed by atoms with Gasteiger partial charge in [-0.1, -0.05) is 42.5 Å². The van der Waals surface area contributed by atoms with Crippen LogP contribution in [0.25, 0.3) is 0 Å². The number of Topliss-reactive ketones (excluding diaryl/α,β-unsaturated/α-hetero) is 1. The Hall–Kier alpha value is -2.66. The third-order valence-electron chi connectivity index (χ3n) is 4.72. The van der Waals surface area contributed by atoms with Gasteiger partial charge in [-0.15, -0.1) is 0 Å². The van der Waals surface area contributed by atoms with Gasteiger partial charge in [0.1, 0.15) is 11.5 Å². The first kappa shape index (κ1) is 21.6. The number of ketones is 1. The van der Waals surface area contributed by atoms with E-state index in [2.05, 4.69) is 0 Å². The molecule has 0 aliphatic heterocycles. The number of esters is 1. The molecule has 0 saturated heterocycles. The number of rotatable bonds is 11. The van der Waals surface area contributed by atoms with Gasteiger partial charge in [0.15, 0.2) is 0 Å². The van der Waals surface area contributed by atoms with Gasteiger partial charge in [0, 0.05) is 12.8 Å². The van der Waals surface area contributed by atoms with Crippen molar-refractivity contribution in [3.8, 4) is 5.75 Å². The first-order valence-corrected chi connectivity index (χ1v) is 9.41. The highest BCUT2D eigenvalue weighted by molar-refractivity contribution is 5.80. The standard InChI is InChI=1S/C23H28O5/c1-17(23(25)27-3)22(28-16-19-10-13-21(26-2)14-11-19)15-20(24)12-9-18-7-5-4-6-8-18/h4-8,10-11,13-14,17,22H,9,12,15-16H2,1-3H3/t17-,22+/m1/s1. The molecule has 2 aromatic rings. The van der Waals surface area contributed by atoms with Crippen LogP contribution in [0.1, 0.15) is 30.9 Å². The van der Waals surface area contributed by atoms with E-state index in [0.29, 0.717) is 19.4 Å². The highest BCUT2D eigenvalue weighted by atomic mass is 16.5. The second-order valence-corrected chi connectivity index (χ2v) is 6.74. The molecule has 0 spiro atoms. The van der Waals surface area contributed by atoms with Crippen molar-refractivity contribution >= 4 is 11.8 Å². The minimum absolute atomic E-state index is 0.0688. The van der Waals surface area contributed by atoms with E-state index in [-0.39, 0.29) is 18.2 Å². The van der Waals surface area contributed by atoms with E-state index >= 15 is 0 Å². The van der Waals surface area contributed by atoms with E-state index in [4.69, 9.17) is 14.2 Å². The van der Waals surface area contributed by atoms with Crippen LogP contribution in [-0.2, 0) is 32.1 Å². The Balaban J connectivity index is 1.95. The summed E-state index contributed by atoms with van der Waals surface area (Å²) in [6, 6.07) is 17.4. The summed E-state index contributed by atoms with van der Waals surface area (Å²) in [7, 11) is 2.96. The van der Waals surface area contributed by atoms with Crippen molar-refractivity contribution in [3.05, 3.63) is 65.7 Å². The fourth-order valence-corrected chi connectivity index (χ4v) is 2.90. The molecule has 0 saturated carbocycles. The van der Waals surface area contributed by atoms with E-state index in [1.54, 1.807) is 14.0 Å². The van der Waals surface area contributed by atoms with Crippen molar-refractivity contribution in [2.45, 2.75) is 38.9 Å². The zero-order valence-corrected chi connectivity index (χ0v) is 16.7. The van der Waals surface area contributed by atoms with Gasteiger partial charge in [-0.2, -0.15) is 0 Å². The van der Waals surface area contributed by atoms with E-state index in [9.17, 15) is 9.59 Å². The number of hydrogen-bond donors (Lipinski definition) is 0. The molecule has 0 aromatic heterocycles. The molecule has 0 unspecified atom stereocenters. The van der Waals surface area contributed by atoms with Crippen molar-refractivity contribution in [3.63, 3.8) is 0 Å². The average molecular weight is 384 g/mol. The molecular formula is C23H28O5. The lowest BCUT2D eigenvalue weighted by atomic mass is 9.97. The Morgan fingerprint density at radius 3 is 2.21 bits per heavy atom. The van der Waals surface area contributed by atoms with Gasteiger partial charge < -0.3 is 14.2 Å². The van der Waals surface area contributed by atoms with Crippen LogP contribution in [0, 0.1) is 5.92 Å². The monoisotopic (exact) mass is 384 g/mol. The Morgan fingerprint density at radius 2 is 1.61 bits per heavy atom. The van der Waals surface area contributed by atoms with E-state index < -0.39 is 12.0 Å². The molecular weight excluding hydrogens is 356 g/mol. The summed E-state index contributed by atoms with van der Waals surface area (Å²) in [5, 5.41) is 0. The van der Waals surface area contributed by atoms with Crippen LogP contribution >= 0.6 is 0 Å². The molecule has 2 rings (SSSR count). The van der Waals surface area contributed by atoms with E-state index in [1.807, 2.05) is 54.6 Å². The third-order valence-corrected chi connectivity index (χ3v) is 4.72. The van der Waals surface area contributed by atoms with Crippen LogP contribution in [0.2, 0.25) is 0 Å². The van der Waals surface area contributed by atoms with Crippen LogP contribution in [-0.4, -0.2) is 32.1 Å². The fourth-order valence-electron chi connectivity index (χ4n) is 2.90. The number of carbonyl (C=O) groups is 2. The maximum Gasteiger partial charge on any atom is 0.311 e. The topological polar surface area (TPSA) is 61.8 Å². The zero-order chi connectivity index (χ0) is 20.4. The Bertz CT molecular complexity index is 739. The molecule has 2 atom stereocenters. The zero-order valence-electron chi connectivity index (χ0n) is 16.7. The largest absolute Gasteiger partial charge is 0.497 e. The average Bonchev–Trinajstić information content (AvgIpc) is 2.75. The van der Waals surface area contributed by atoms with Gasteiger partial charge in [-0.25, -0.2) is 0 Å². The lowest BCUT2D eigenvalue weighted by Gasteiger charge is -2.22. The number of carbonyl (C=O) groups excluding carboxylic acids is 2. The maximum absolute atomic E-state index is 12.5. The quantitative estimate of drug-likeness (QED) is 0.549. The Morgan fingerprint density at radius 1 is 0.929 bits per heavy atom. The molecule has 0 heterocycles. The molecule has 5 heteroatoms. The number of aryl methyl sites for hydroxylation is 1. The van der Waals surface area contributed by atoms with E-state index in [0.717, 1.165) is 16.9 Å². The SMILES string of the molecule is COC(=O)[C@H](C)[C@H](CC(=O)CCc1ccccc1)OCc1ccc(OC)cc1. The first-order chi connectivity index (χ1) is 13.5. The summed E-state index contributed by atoms with van der Waals surface area (Å²) in [4.78, 5) is 24.5. The number of hydrogen-bond acceptors (Lipinski definition) is 5. The summed E-state index contributed by atoms with van der Waals surface area (Å²) in [5.41, 5.74) is 2.06. The molecule has 0 bridgehead atoms. The molecule has 0 fully saturated rings. The maximum atomic E-state index is 12.5. The summed E-state index contributed by atoms with van der Waals surface area (Å²) in [6.07, 6.45) is 0.745. The van der Waals surface area contributed by atoms with Crippen LogP contribution in [0.4, 0.5) is 0 Å². The van der Waals surface area contributed by atoms with Crippen LogP contribution < -0.4 is 4.74 Å². The summed E-state index contributed by atoms with van der Waals surface area (Å²) in [5.74, 6) is -0.0711. The highest BCUT2D eigenvalue weighted by Gasteiger charge is 2.27. The molecule has 2 aromatic carbocycles. The fraction of sp³-hybridized carbons (Fsp3) is 0.391. The van der Waals surface area contributed by atoms with Crippen molar-refractivity contribution < 1.29 is 23.8 Å². The smallest absolute Gasteiger partial charge is 0.311 e. The number of benzene rings is 2. The predicted molar refractivity (Wildman–Crippen MR) is 107 cm³/mol. The Kier molecular flexibility index (Phi) is 8.69. The van der Waals surface area contributed by atoms with Gasteiger partial charge in [-0.3, -0.25) is 9.59 Å². The lowest BCUT2D eigenvalue weighted by Crippen LogP contribution is -2.31. The van der Waals surface area contributed by atoms with Gasteiger partial charge >= 0.3 is 5.97 Å². The second-order valence-electron chi connectivity index (χ2n) is 6.74. The first-order valence-electron chi connectivity index (χ1n) is 9.41. The van der Waals surface area contributed by atoms with Crippen molar-refractivity contribution in [1.82, 2.24) is 0 Å². The molecule has 28 heavy (non-hydrogen) atoms. The second kappa shape index (κ2) is 11.2. The van der Waals surface area contributed by atoms with Gasteiger partial charge in [0.05, 0.1) is 32.8 Å². The summed E-state index contributed by atoms with van der Waals surface area (Å²) in [6.45, 7) is 2.04. The molecule has 0 amide bonds. The van der Waals surface area contributed by atoms with Crippen molar-refractivity contribution in [2.75, 3.05) is 14.2 Å². The Labute approximate surface area is 166 Å². The molecule has 0 aliphatic carbocycles. The lowest BCUT2D eigenvalue weighted by molar-refractivity contribution is -0.151. The van der Waals surface area contributed by atoms with Crippen molar-refractivity contribution in [1.29, 1.82) is 0 Å². The molecule has 0 N–H and O–H groups in total. The normalized spacial score (nSPS) is 12.8. The minimum atomic E-state index is -0.530. The van der Waals surface area contributed by atoms with Crippen LogP contribution in [0.15, 0.2) is 54.6 Å². The van der Waals surface area contributed by atoms with Crippen molar-refractivity contribution in [2.24, 2.45) is 5.92 Å². The third kappa shape index (κ3) is 6.82. The number of methoxy groups -OCH3 is 2. The number of ether oxygens (including phenoxy) is 3. The predicted octanol–water partition coefficient (Wildman–Crippen LogP) is 3.98. The summed E-state index contributed by atoms with van der Waals surface area (Å²) < 4.78 is 15.9. The molecule has 5 nitrogen and oxygen atoms in total. The van der Waals surface area contributed by atoms with Gasteiger partial charge in [-0.05, 0) is 36.6 Å². The van der Waals surface area contributed by atoms with Gasteiger partial charge in [0.2, 0.25) is 0 Å². The molecule has 0 radical (unpaired) electrons. The summed E-state index contributed by atoms with van der Waals surface area (Å²) >= 11 is 0. The highest BCUT2D eigenvalue weighted by Crippen LogP contribution is 2.19. The van der Waals surface area contributed by atoms with Crippen LogP contribution in [0.3, 0.4) is 0 Å². The molecule has 150 valence electrons. The van der Waals surface area contributed by atoms with Crippen LogP contribution in [0.5, 0.6) is 5.75 Å². The van der Waals surface area contributed by atoms with E-state index in [1.165, 1.54) is 7.11 Å².